The first kappa shape index (κ1) is 16.0. The molecule has 0 spiro atoms. The van der Waals surface area contributed by atoms with E-state index in [0.29, 0.717) is 24.0 Å². The Labute approximate surface area is 146 Å². The van der Waals surface area contributed by atoms with Crippen molar-refractivity contribution in [1.29, 1.82) is 0 Å². The highest BCUT2D eigenvalue weighted by Crippen LogP contribution is 2.40. The molecular formula is C19H22N4O2. The van der Waals surface area contributed by atoms with Gasteiger partial charge in [0.05, 0.1) is 17.2 Å². The van der Waals surface area contributed by atoms with Gasteiger partial charge in [-0.3, -0.25) is 14.6 Å². The molecule has 1 saturated heterocycles. The molecule has 1 aliphatic carbocycles. The number of benzene rings is 1. The van der Waals surface area contributed by atoms with Crippen molar-refractivity contribution in [2.75, 3.05) is 20.6 Å². The van der Waals surface area contributed by atoms with Crippen LogP contribution < -0.4 is 0 Å². The summed E-state index contributed by atoms with van der Waals surface area (Å²) >= 11 is 0. The van der Waals surface area contributed by atoms with Crippen LogP contribution in [0.5, 0.6) is 0 Å². The van der Waals surface area contributed by atoms with E-state index in [1.165, 1.54) is 0 Å². The third-order valence-corrected chi connectivity index (χ3v) is 5.72. The van der Waals surface area contributed by atoms with Crippen LogP contribution in [-0.2, 0) is 4.79 Å². The number of piperidine rings is 1. The Morgan fingerprint density at radius 2 is 1.92 bits per heavy atom. The predicted octanol–water partition coefficient (Wildman–Crippen LogP) is 1.96. The summed E-state index contributed by atoms with van der Waals surface area (Å²) in [5.41, 5.74) is 1.90. The molecule has 2 fully saturated rings. The second-order valence-corrected chi connectivity index (χ2v) is 7.28. The summed E-state index contributed by atoms with van der Waals surface area (Å²) in [5.74, 6) is 1.01. The Morgan fingerprint density at radius 3 is 2.72 bits per heavy atom. The molecule has 1 saturated carbocycles. The average Bonchev–Trinajstić information content (AvgIpc) is 3.03. The molecule has 0 unspecified atom stereocenters. The fraction of sp³-hybridized carbons (Fsp3) is 0.474. The smallest absolute Gasteiger partial charge is 0.274 e. The second kappa shape index (κ2) is 6.10. The molecule has 0 radical (unpaired) electrons. The van der Waals surface area contributed by atoms with Crippen molar-refractivity contribution >= 4 is 22.8 Å². The number of hydrogen-bond acceptors (Lipinski definition) is 4. The van der Waals surface area contributed by atoms with E-state index in [-0.39, 0.29) is 17.9 Å². The molecule has 2 aromatic rings. The molecule has 1 aliphatic heterocycles. The van der Waals surface area contributed by atoms with Gasteiger partial charge in [-0.05, 0) is 36.8 Å². The minimum absolute atomic E-state index is 0.0958. The van der Waals surface area contributed by atoms with E-state index < -0.39 is 0 Å². The highest BCUT2D eigenvalue weighted by molar-refractivity contribution is 5.93. The minimum atomic E-state index is -0.0958. The van der Waals surface area contributed by atoms with E-state index in [0.717, 1.165) is 30.4 Å². The number of carbonyl (C=O) groups is 2. The first-order valence-corrected chi connectivity index (χ1v) is 8.76. The van der Waals surface area contributed by atoms with Gasteiger partial charge in [0, 0.05) is 33.1 Å². The zero-order valence-electron chi connectivity index (χ0n) is 14.6. The molecule has 0 bridgehead atoms. The van der Waals surface area contributed by atoms with E-state index >= 15 is 0 Å². The molecule has 25 heavy (non-hydrogen) atoms. The van der Waals surface area contributed by atoms with Crippen molar-refractivity contribution in [3.05, 3.63) is 36.2 Å². The second-order valence-electron chi connectivity index (χ2n) is 7.28. The molecule has 2 amide bonds. The van der Waals surface area contributed by atoms with Crippen LogP contribution in [-0.4, -0.2) is 58.3 Å². The van der Waals surface area contributed by atoms with Gasteiger partial charge < -0.3 is 9.80 Å². The summed E-state index contributed by atoms with van der Waals surface area (Å²) in [7, 11) is 3.71. The number of nitrogens with zero attached hydrogens (tertiary/aromatic N) is 4. The third-order valence-electron chi connectivity index (χ3n) is 5.72. The highest BCUT2D eigenvalue weighted by Gasteiger charge is 2.42. The number of hydrogen-bond donors (Lipinski definition) is 0. The molecule has 2 heterocycles. The van der Waals surface area contributed by atoms with Crippen LogP contribution in [0.2, 0.25) is 0 Å². The average molecular weight is 338 g/mol. The molecule has 1 aromatic carbocycles. The van der Waals surface area contributed by atoms with E-state index in [4.69, 9.17) is 0 Å². The van der Waals surface area contributed by atoms with E-state index in [1.54, 1.807) is 11.1 Å². The molecule has 2 aliphatic rings. The van der Waals surface area contributed by atoms with Gasteiger partial charge in [0.2, 0.25) is 5.91 Å². The standard InChI is InChI=1S/C19H22N4O2/c1-22-11-13-8-14(7-12(13)9-18(22)24)23(2)19(25)17-10-20-15-5-3-4-6-16(15)21-17/h3-6,10,12-14H,7-9,11H2,1-2H3/t12-,13+,14-/m1/s1. The Hall–Kier alpha value is -2.50. The van der Waals surface area contributed by atoms with Crippen LogP contribution >= 0.6 is 0 Å². The van der Waals surface area contributed by atoms with Gasteiger partial charge in [0.25, 0.3) is 5.91 Å². The monoisotopic (exact) mass is 338 g/mol. The number of fused-ring (bicyclic) bond motifs is 2. The lowest BCUT2D eigenvalue weighted by Gasteiger charge is -2.31. The summed E-state index contributed by atoms with van der Waals surface area (Å²) in [6, 6.07) is 7.71. The maximum atomic E-state index is 12.9. The fourth-order valence-corrected chi connectivity index (χ4v) is 4.21. The van der Waals surface area contributed by atoms with Crippen LogP contribution in [0, 0.1) is 11.8 Å². The maximum Gasteiger partial charge on any atom is 0.274 e. The topological polar surface area (TPSA) is 66.4 Å². The molecule has 0 N–H and O–H groups in total. The van der Waals surface area contributed by atoms with Gasteiger partial charge in [-0.25, -0.2) is 4.98 Å². The van der Waals surface area contributed by atoms with Crippen LogP contribution in [0.3, 0.4) is 0 Å². The lowest BCUT2D eigenvalue weighted by atomic mass is 9.88. The molecular weight excluding hydrogens is 316 g/mol. The van der Waals surface area contributed by atoms with Gasteiger partial charge in [0.15, 0.2) is 0 Å². The van der Waals surface area contributed by atoms with Crippen molar-refractivity contribution in [2.24, 2.45) is 11.8 Å². The van der Waals surface area contributed by atoms with Crippen LogP contribution in [0.4, 0.5) is 0 Å². The van der Waals surface area contributed by atoms with Gasteiger partial charge in [-0.15, -0.1) is 0 Å². The molecule has 6 nitrogen and oxygen atoms in total. The SMILES string of the molecule is CN1C[C@@H]2C[C@H](N(C)C(=O)c3cnc4ccccc4n3)C[C@@H]2CC1=O. The Bertz CT molecular complexity index is 837. The normalized spacial score (nSPS) is 25.9. The van der Waals surface area contributed by atoms with Crippen molar-refractivity contribution in [1.82, 2.24) is 19.8 Å². The first-order chi connectivity index (χ1) is 12.0. The summed E-state index contributed by atoms with van der Waals surface area (Å²) in [6.07, 6.45) is 4.01. The Kier molecular flexibility index (Phi) is 3.90. The maximum absolute atomic E-state index is 12.9. The molecule has 130 valence electrons. The largest absolute Gasteiger partial charge is 0.345 e. The molecule has 1 aromatic heterocycles. The lowest BCUT2D eigenvalue weighted by molar-refractivity contribution is -0.134. The van der Waals surface area contributed by atoms with Crippen molar-refractivity contribution < 1.29 is 9.59 Å². The third kappa shape index (κ3) is 2.86. The number of likely N-dealkylation sites (tertiary alicyclic amines) is 1. The summed E-state index contributed by atoms with van der Waals surface area (Å²) in [5, 5.41) is 0. The number of para-hydroxylation sites is 2. The van der Waals surface area contributed by atoms with Gasteiger partial charge in [-0.2, -0.15) is 0 Å². The Balaban J connectivity index is 1.51. The van der Waals surface area contributed by atoms with E-state index in [1.807, 2.05) is 43.3 Å². The van der Waals surface area contributed by atoms with E-state index in [2.05, 4.69) is 9.97 Å². The number of carbonyl (C=O) groups excluding carboxylic acids is 2. The summed E-state index contributed by atoms with van der Waals surface area (Å²) < 4.78 is 0. The van der Waals surface area contributed by atoms with Gasteiger partial charge >= 0.3 is 0 Å². The van der Waals surface area contributed by atoms with Crippen LogP contribution in [0.25, 0.3) is 11.0 Å². The first-order valence-electron chi connectivity index (χ1n) is 8.76. The van der Waals surface area contributed by atoms with Crippen molar-refractivity contribution in [3.8, 4) is 0 Å². The number of aromatic nitrogens is 2. The predicted molar refractivity (Wildman–Crippen MR) is 93.9 cm³/mol. The van der Waals surface area contributed by atoms with Crippen LogP contribution in [0.15, 0.2) is 30.5 Å². The van der Waals surface area contributed by atoms with Gasteiger partial charge in [-0.1, -0.05) is 12.1 Å². The zero-order valence-corrected chi connectivity index (χ0v) is 14.6. The molecule has 4 rings (SSSR count). The van der Waals surface area contributed by atoms with Crippen molar-refractivity contribution in [2.45, 2.75) is 25.3 Å². The van der Waals surface area contributed by atoms with Crippen molar-refractivity contribution in [3.63, 3.8) is 0 Å². The lowest BCUT2D eigenvalue weighted by Crippen LogP contribution is -2.40. The van der Waals surface area contributed by atoms with Crippen LogP contribution in [0.1, 0.15) is 29.8 Å². The minimum Gasteiger partial charge on any atom is -0.345 e. The zero-order chi connectivity index (χ0) is 17.6. The van der Waals surface area contributed by atoms with Gasteiger partial charge in [0.1, 0.15) is 5.69 Å². The summed E-state index contributed by atoms with van der Waals surface area (Å²) in [6.45, 7) is 0.803. The number of rotatable bonds is 2. The molecule has 3 atom stereocenters. The summed E-state index contributed by atoms with van der Waals surface area (Å²) in [4.78, 5) is 37.2. The van der Waals surface area contributed by atoms with E-state index in [9.17, 15) is 9.59 Å². The molecule has 6 heteroatoms. The number of amides is 2. The highest BCUT2D eigenvalue weighted by atomic mass is 16.2. The Morgan fingerprint density at radius 1 is 1.20 bits per heavy atom. The quantitative estimate of drug-likeness (QED) is 0.839. The fourth-order valence-electron chi connectivity index (χ4n) is 4.21.